The second-order valence-corrected chi connectivity index (χ2v) is 6.98. The third-order valence-corrected chi connectivity index (χ3v) is 3.23. The van der Waals surface area contributed by atoms with E-state index in [0.717, 1.165) is 19.8 Å². The van der Waals surface area contributed by atoms with Gasteiger partial charge in [0.25, 0.3) is 0 Å². The highest BCUT2D eigenvalue weighted by Crippen LogP contribution is 2.13. The minimum absolute atomic E-state index is 0.243. The number of piperidine rings is 1. The predicted octanol–water partition coefficient (Wildman–Crippen LogP) is 2.51. The van der Waals surface area contributed by atoms with Gasteiger partial charge in [0.2, 0.25) is 0 Å². The Morgan fingerprint density at radius 3 is 2.33 bits per heavy atom. The zero-order chi connectivity index (χ0) is 13.6. The number of nitrogens with one attached hydrogen (secondary N) is 1. The van der Waals surface area contributed by atoms with Crippen molar-refractivity contribution in [3.63, 3.8) is 0 Å². The van der Waals surface area contributed by atoms with Crippen molar-refractivity contribution in [1.82, 2.24) is 10.2 Å². The van der Waals surface area contributed by atoms with E-state index < -0.39 is 0 Å². The van der Waals surface area contributed by atoms with Crippen molar-refractivity contribution in [2.24, 2.45) is 5.92 Å². The molecule has 3 nitrogen and oxygen atoms in total. The fourth-order valence-corrected chi connectivity index (χ4v) is 2.43. The van der Waals surface area contributed by atoms with Crippen LogP contribution >= 0.6 is 0 Å². The zero-order valence-corrected chi connectivity index (χ0v) is 13.0. The molecule has 3 heteroatoms. The fourth-order valence-electron chi connectivity index (χ4n) is 2.43. The van der Waals surface area contributed by atoms with Crippen molar-refractivity contribution >= 4 is 0 Å². The van der Waals surface area contributed by atoms with Crippen molar-refractivity contribution in [1.29, 1.82) is 0 Å². The first-order chi connectivity index (χ1) is 8.37. The Balaban J connectivity index is 2.08. The topological polar surface area (TPSA) is 24.5 Å². The Labute approximate surface area is 113 Å². The number of nitrogens with zero attached hydrogens (tertiary/aromatic N) is 1. The third kappa shape index (κ3) is 7.34. The molecule has 0 aromatic heterocycles. The van der Waals surface area contributed by atoms with Crippen LogP contribution in [0.3, 0.4) is 0 Å². The smallest absolute Gasteiger partial charge is 0.0593 e. The Kier molecular flexibility index (Phi) is 6.61. The van der Waals surface area contributed by atoms with E-state index in [1.54, 1.807) is 0 Å². The van der Waals surface area contributed by atoms with Gasteiger partial charge in [-0.15, -0.1) is 0 Å². The fraction of sp³-hybridized carbons (Fsp3) is 1.00. The Hall–Kier alpha value is -0.120. The van der Waals surface area contributed by atoms with E-state index in [-0.39, 0.29) is 5.54 Å². The van der Waals surface area contributed by atoms with Crippen molar-refractivity contribution in [3.05, 3.63) is 0 Å². The quantitative estimate of drug-likeness (QED) is 0.739. The van der Waals surface area contributed by atoms with Crippen LogP contribution in [0.4, 0.5) is 0 Å². The van der Waals surface area contributed by atoms with Gasteiger partial charge in [-0.3, -0.25) is 0 Å². The van der Waals surface area contributed by atoms with Crippen LogP contribution in [0.2, 0.25) is 0 Å². The number of ether oxygens (including phenoxy) is 1. The molecule has 0 bridgehead atoms. The number of hydrogen-bond donors (Lipinski definition) is 1. The molecule has 0 unspecified atom stereocenters. The van der Waals surface area contributed by atoms with Crippen LogP contribution in [0, 0.1) is 5.92 Å². The SMILES string of the molecule is CC(C)COCCN1CCC(NC(C)(C)C)CC1. The second kappa shape index (κ2) is 7.46. The van der Waals surface area contributed by atoms with Crippen LogP contribution in [0.15, 0.2) is 0 Å². The Morgan fingerprint density at radius 2 is 1.83 bits per heavy atom. The maximum Gasteiger partial charge on any atom is 0.0593 e. The third-order valence-electron chi connectivity index (χ3n) is 3.23. The summed E-state index contributed by atoms with van der Waals surface area (Å²) in [5.41, 5.74) is 0.243. The summed E-state index contributed by atoms with van der Waals surface area (Å²) in [5.74, 6) is 0.645. The molecule has 0 saturated carbocycles. The monoisotopic (exact) mass is 256 g/mol. The predicted molar refractivity (Wildman–Crippen MR) is 78.0 cm³/mol. The highest BCUT2D eigenvalue weighted by Gasteiger charge is 2.22. The number of rotatable bonds is 6. The van der Waals surface area contributed by atoms with Gasteiger partial charge in [0.15, 0.2) is 0 Å². The normalized spacial score (nSPS) is 19.7. The average molecular weight is 256 g/mol. The summed E-state index contributed by atoms with van der Waals surface area (Å²) in [6.45, 7) is 16.4. The average Bonchev–Trinajstić information content (AvgIpc) is 2.24. The molecule has 0 spiro atoms. The van der Waals surface area contributed by atoms with E-state index in [1.807, 2.05) is 0 Å². The van der Waals surface area contributed by atoms with Gasteiger partial charge in [-0.2, -0.15) is 0 Å². The van der Waals surface area contributed by atoms with Crippen molar-refractivity contribution in [3.8, 4) is 0 Å². The summed E-state index contributed by atoms with van der Waals surface area (Å²) in [4.78, 5) is 2.53. The molecule has 1 aliphatic heterocycles. The number of likely N-dealkylation sites (tertiary alicyclic amines) is 1. The highest BCUT2D eigenvalue weighted by molar-refractivity contribution is 4.82. The number of hydrogen-bond acceptors (Lipinski definition) is 3. The maximum atomic E-state index is 5.65. The molecule has 1 aliphatic rings. The van der Waals surface area contributed by atoms with Crippen molar-refractivity contribution < 1.29 is 4.74 Å². The first-order valence-electron chi connectivity index (χ1n) is 7.44. The first kappa shape index (κ1) is 15.9. The van der Waals surface area contributed by atoms with Gasteiger partial charge in [-0.05, 0) is 52.6 Å². The molecular weight excluding hydrogens is 224 g/mol. The van der Waals surface area contributed by atoms with Crippen LogP contribution in [0.1, 0.15) is 47.5 Å². The van der Waals surface area contributed by atoms with Crippen LogP contribution in [0.25, 0.3) is 0 Å². The van der Waals surface area contributed by atoms with Gasteiger partial charge in [-0.25, -0.2) is 0 Å². The van der Waals surface area contributed by atoms with Gasteiger partial charge >= 0.3 is 0 Å². The molecule has 18 heavy (non-hydrogen) atoms. The van der Waals surface area contributed by atoms with Gasteiger partial charge in [0.05, 0.1) is 6.61 Å². The molecule has 108 valence electrons. The molecule has 0 aromatic rings. The molecular formula is C15H32N2O. The lowest BCUT2D eigenvalue weighted by atomic mass is 10.00. The van der Waals surface area contributed by atoms with E-state index in [0.29, 0.717) is 12.0 Å². The minimum atomic E-state index is 0.243. The summed E-state index contributed by atoms with van der Waals surface area (Å²) in [6.07, 6.45) is 2.53. The maximum absolute atomic E-state index is 5.65. The Morgan fingerprint density at radius 1 is 1.22 bits per heavy atom. The van der Waals surface area contributed by atoms with E-state index in [1.165, 1.54) is 25.9 Å². The van der Waals surface area contributed by atoms with Gasteiger partial charge < -0.3 is 15.0 Å². The summed E-state index contributed by atoms with van der Waals surface area (Å²) in [5, 5.41) is 3.70. The molecule has 0 aromatic carbocycles. The molecule has 1 rings (SSSR count). The lowest BCUT2D eigenvalue weighted by Gasteiger charge is -2.36. The van der Waals surface area contributed by atoms with Gasteiger partial charge in [-0.1, -0.05) is 13.8 Å². The second-order valence-electron chi connectivity index (χ2n) is 6.98. The molecule has 1 saturated heterocycles. The van der Waals surface area contributed by atoms with Crippen LogP contribution in [-0.2, 0) is 4.74 Å². The molecule has 1 fully saturated rings. The lowest BCUT2D eigenvalue weighted by Crippen LogP contribution is -2.49. The lowest BCUT2D eigenvalue weighted by molar-refractivity contribution is 0.0750. The van der Waals surface area contributed by atoms with Crippen molar-refractivity contribution in [2.45, 2.75) is 59.0 Å². The summed E-state index contributed by atoms with van der Waals surface area (Å²) in [7, 11) is 0. The zero-order valence-electron chi connectivity index (χ0n) is 13.0. The van der Waals surface area contributed by atoms with Crippen molar-refractivity contribution in [2.75, 3.05) is 32.8 Å². The van der Waals surface area contributed by atoms with Crippen LogP contribution in [-0.4, -0.2) is 49.3 Å². The Bertz CT molecular complexity index is 215. The summed E-state index contributed by atoms with van der Waals surface area (Å²) >= 11 is 0. The van der Waals surface area contributed by atoms with E-state index in [2.05, 4.69) is 44.8 Å². The van der Waals surface area contributed by atoms with Gasteiger partial charge in [0, 0.05) is 24.7 Å². The first-order valence-corrected chi connectivity index (χ1v) is 7.44. The summed E-state index contributed by atoms with van der Waals surface area (Å²) in [6, 6.07) is 0.692. The summed E-state index contributed by atoms with van der Waals surface area (Å²) < 4.78 is 5.65. The molecule has 0 amide bonds. The largest absolute Gasteiger partial charge is 0.380 e. The molecule has 1 heterocycles. The molecule has 0 radical (unpaired) electrons. The minimum Gasteiger partial charge on any atom is -0.380 e. The van der Waals surface area contributed by atoms with E-state index >= 15 is 0 Å². The molecule has 0 aliphatic carbocycles. The van der Waals surface area contributed by atoms with Gasteiger partial charge in [0.1, 0.15) is 0 Å². The standard InChI is InChI=1S/C15H32N2O/c1-13(2)12-18-11-10-17-8-6-14(7-9-17)16-15(3,4)5/h13-14,16H,6-12H2,1-5H3. The van der Waals surface area contributed by atoms with E-state index in [4.69, 9.17) is 4.74 Å². The van der Waals surface area contributed by atoms with E-state index in [9.17, 15) is 0 Å². The van der Waals surface area contributed by atoms with Crippen LogP contribution < -0.4 is 5.32 Å². The molecule has 1 N–H and O–H groups in total. The molecule has 0 atom stereocenters. The highest BCUT2D eigenvalue weighted by atomic mass is 16.5. The van der Waals surface area contributed by atoms with Crippen LogP contribution in [0.5, 0.6) is 0 Å².